The van der Waals surface area contributed by atoms with E-state index >= 15 is 0 Å². The topological polar surface area (TPSA) is 54.9 Å². The fourth-order valence-corrected chi connectivity index (χ4v) is 3.72. The number of nitrogens with one attached hydrogen (secondary N) is 2. The molecule has 1 saturated heterocycles. The first-order valence-corrected chi connectivity index (χ1v) is 10.1. The molecule has 1 aliphatic rings. The predicted octanol–water partition coefficient (Wildman–Crippen LogP) is 3.29. The molecule has 0 saturated carbocycles. The molecule has 2 aromatic carbocycles. The third kappa shape index (κ3) is 5.70. The van der Waals surface area contributed by atoms with E-state index in [1.54, 1.807) is 14.2 Å². The summed E-state index contributed by atoms with van der Waals surface area (Å²) < 4.78 is 24.2. The lowest BCUT2D eigenvalue weighted by Crippen LogP contribution is -2.48. The van der Waals surface area contributed by atoms with E-state index in [9.17, 15) is 4.39 Å². The molecule has 2 N–H and O–H groups in total. The quantitative estimate of drug-likeness (QED) is 0.554. The summed E-state index contributed by atoms with van der Waals surface area (Å²) in [4.78, 5) is 4.35. The highest BCUT2D eigenvalue weighted by Crippen LogP contribution is 2.34. The predicted molar refractivity (Wildman–Crippen MR) is 114 cm³/mol. The average Bonchev–Trinajstić information content (AvgIpc) is 2.77. The van der Waals surface area contributed by atoms with Crippen molar-refractivity contribution in [3.8, 4) is 5.75 Å². The van der Waals surface area contributed by atoms with Gasteiger partial charge in [-0.2, -0.15) is 0 Å². The summed E-state index contributed by atoms with van der Waals surface area (Å²) >= 11 is 0. The molecule has 6 heteroatoms. The summed E-state index contributed by atoms with van der Waals surface area (Å²) in [6.45, 7) is 2.92. The molecule has 156 valence electrons. The number of aliphatic imine (C=N–C) groups is 1. The van der Waals surface area contributed by atoms with Gasteiger partial charge >= 0.3 is 0 Å². The molecule has 1 heterocycles. The Bertz CT molecular complexity index is 785. The van der Waals surface area contributed by atoms with Crippen LogP contribution in [0.3, 0.4) is 0 Å². The minimum atomic E-state index is -0.208. The van der Waals surface area contributed by atoms with E-state index in [2.05, 4.69) is 27.8 Å². The highest BCUT2D eigenvalue weighted by atomic mass is 19.1. The fraction of sp³-hybridized carbons (Fsp3) is 0.435. The Kier molecular flexibility index (Phi) is 7.47. The molecule has 29 heavy (non-hydrogen) atoms. The lowest BCUT2D eigenvalue weighted by Gasteiger charge is -2.38. The summed E-state index contributed by atoms with van der Waals surface area (Å²) in [5.41, 5.74) is 2.30. The van der Waals surface area contributed by atoms with Crippen molar-refractivity contribution in [1.82, 2.24) is 10.6 Å². The summed E-state index contributed by atoms with van der Waals surface area (Å²) in [6.07, 6.45) is 2.69. The Morgan fingerprint density at radius 2 is 1.76 bits per heavy atom. The summed E-state index contributed by atoms with van der Waals surface area (Å²) in [7, 11) is 3.45. The number of halogens is 1. The van der Waals surface area contributed by atoms with Crippen LogP contribution in [0.5, 0.6) is 5.75 Å². The molecule has 0 spiro atoms. The molecule has 0 aromatic heterocycles. The standard InChI is InChI=1S/C23H30FN3O2/c1-25-22(26-14-11-18-3-9-21(28-2)10-4-18)27-17-23(12-15-29-16-13-23)19-5-7-20(24)8-6-19/h3-10H,11-17H2,1-2H3,(H2,25,26,27). The van der Waals surface area contributed by atoms with Gasteiger partial charge in [-0.1, -0.05) is 24.3 Å². The molecule has 1 aliphatic heterocycles. The molecule has 2 aromatic rings. The molecular weight excluding hydrogens is 369 g/mol. The van der Waals surface area contributed by atoms with Gasteiger partial charge in [0.1, 0.15) is 11.6 Å². The SMILES string of the molecule is CN=C(NCCc1ccc(OC)cc1)NCC1(c2ccc(F)cc2)CCOCC1. The van der Waals surface area contributed by atoms with Gasteiger partial charge in [-0.05, 0) is 54.7 Å². The summed E-state index contributed by atoms with van der Waals surface area (Å²) in [5, 5.41) is 6.85. The zero-order chi connectivity index (χ0) is 20.5. The largest absolute Gasteiger partial charge is 0.497 e. The van der Waals surface area contributed by atoms with Crippen LogP contribution in [-0.4, -0.2) is 46.4 Å². The van der Waals surface area contributed by atoms with E-state index in [1.165, 1.54) is 17.7 Å². The number of hydrogen-bond donors (Lipinski definition) is 2. The van der Waals surface area contributed by atoms with Gasteiger partial charge in [-0.3, -0.25) is 4.99 Å². The molecule has 1 fully saturated rings. The Morgan fingerprint density at radius 3 is 2.38 bits per heavy atom. The van der Waals surface area contributed by atoms with E-state index in [0.717, 1.165) is 49.6 Å². The Labute approximate surface area is 172 Å². The third-order valence-electron chi connectivity index (χ3n) is 5.59. The second kappa shape index (κ2) is 10.3. The van der Waals surface area contributed by atoms with Crippen LogP contribution >= 0.6 is 0 Å². The molecule has 3 rings (SSSR count). The first-order chi connectivity index (χ1) is 14.1. The second-order valence-corrected chi connectivity index (χ2v) is 7.35. The number of nitrogens with zero attached hydrogens (tertiary/aromatic N) is 1. The molecule has 0 atom stereocenters. The van der Waals surface area contributed by atoms with E-state index in [0.29, 0.717) is 13.2 Å². The van der Waals surface area contributed by atoms with Gasteiger partial charge in [0.15, 0.2) is 5.96 Å². The molecule has 0 radical (unpaired) electrons. The minimum Gasteiger partial charge on any atom is -0.497 e. The monoisotopic (exact) mass is 399 g/mol. The van der Waals surface area contributed by atoms with Crippen LogP contribution in [0.2, 0.25) is 0 Å². The van der Waals surface area contributed by atoms with Gasteiger partial charge in [-0.25, -0.2) is 4.39 Å². The van der Waals surface area contributed by atoms with Crippen molar-refractivity contribution >= 4 is 5.96 Å². The number of guanidine groups is 1. The lowest BCUT2D eigenvalue weighted by molar-refractivity contribution is 0.0513. The van der Waals surface area contributed by atoms with Crippen LogP contribution < -0.4 is 15.4 Å². The molecule has 0 amide bonds. The van der Waals surface area contributed by atoms with Gasteiger partial charge in [0, 0.05) is 38.8 Å². The van der Waals surface area contributed by atoms with Gasteiger partial charge < -0.3 is 20.1 Å². The first-order valence-electron chi connectivity index (χ1n) is 10.1. The van der Waals surface area contributed by atoms with Gasteiger partial charge in [0.05, 0.1) is 7.11 Å². The lowest BCUT2D eigenvalue weighted by atomic mass is 9.74. The summed E-state index contributed by atoms with van der Waals surface area (Å²) in [6, 6.07) is 14.9. The first kappa shape index (κ1) is 21.1. The average molecular weight is 400 g/mol. The molecule has 0 bridgehead atoms. The zero-order valence-corrected chi connectivity index (χ0v) is 17.2. The van der Waals surface area contributed by atoms with Crippen molar-refractivity contribution in [3.05, 3.63) is 65.5 Å². The van der Waals surface area contributed by atoms with Crippen molar-refractivity contribution in [1.29, 1.82) is 0 Å². The van der Waals surface area contributed by atoms with Crippen molar-refractivity contribution in [3.63, 3.8) is 0 Å². The van der Waals surface area contributed by atoms with Crippen molar-refractivity contribution in [2.24, 2.45) is 4.99 Å². The van der Waals surface area contributed by atoms with Crippen LogP contribution in [0.25, 0.3) is 0 Å². The van der Waals surface area contributed by atoms with Crippen LogP contribution in [-0.2, 0) is 16.6 Å². The minimum absolute atomic E-state index is 0.0838. The number of ether oxygens (including phenoxy) is 2. The van der Waals surface area contributed by atoms with Crippen LogP contribution in [0.15, 0.2) is 53.5 Å². The number of methoxy groups -OCH3 is 1. The molecule has 0 unspecified atom stereocenters. The van der Waals surface area contributed by atoms with E-state index in [-0.39, 0.29) is 11.2 Å². The van der Waals surface area contributed by atoms with Crippen molar-refractivity contribution in [2.75, 3.05) is 40.5 Å². The number of rotatable bonds is 7. The highest BCUT2D eigenvalue weighted by molar-refractivity contribution is 5.79. The number of hydrogen-bond acceptors (Lipinski definition) is 3. The van der Waals surface area contributed by atoms with Crippen molar-refractivity contribution in [2.45, 2.75) is 24.7 Å². The fourth-order valence-electron chi connectivity index (χ4n) is 3.72. The van der Waals surface area contributed by atoms with Gasteiger partial charge in [-0.15, -0.1) is 0 Å². The molecule has 0 aliphatic carbocycles. The smallest absolute Gasteiger partial charge is 0.191 e. The van der Waals surface area contributed by atoms with Gasteiger partial charge in [0.2, 0.25) is 0 Å². The van der Waals surface area contributed by atoms with E-state index < -0.39 is 0 Å². The normalized spacial score (nSPS) is 16.3. The molecule has 5 nitrogen and oxygen atoms in total. The second-order valence-electron chi connectivity index (χ2n) is 7.35. The number of benzene rings is 2. The van der Waals surface area contributed by atoms with Crippen molar-refractivity contribution < 1.29 is 13.9 Å². The zero-order valence-electron chi connectivity index (χ0n) is 17.2. The van der Waals surface area contributed by atoms with Crippen LogP contribution in [0.1, 0.15) is 24.0 Å². The Morgan fingerprint density at radius 1 is 1.07 bits per heavy atom. The van der Waals surface area contributed by atoms with E-state index in [4.69, 9.17) is 9.47 Å². The summed E-state index contributed by atoms with van der Waals surface area (Å²) in [5.74, 6) is 1.42. The maximum atomic E-state index is 13.4. The molecular formula is C23H30FN3O2. The maximum Gasteiger partial charge on any atom is 0.191 e. The highest BCUT2D eigenvalue weighted by Gasteiger charge is 2.34. The van der Waals surface area contributed by atoms with E-state index in [1.807, 2.05) is 24.3 Å². The van der Waals surface area contributed by atoms with Crippen LogP contribution in [0.4, 0.5) is 4.39 Å². The van der Waals surface area contributed by atoms with Gasteiger partial charge in [0.25, 0.3) is 0 Å². The Hall–Kier alpha value is -2.60. The third-order valence-corrected chi connectivity index (χ3v) is 5.59. The Balaban J connectivity index is 1.56. The maximum absolute atomic E-state index is 13.4. The van der Waals surface area contributed by atoms with Crippen LogP contribution in [0, 0.1) is 5.82 Å².